The standard InChI is InChI=1S/C110H190BN3/c1-104(2,3)75-45-50-93-88(57-75)89-58-76(105(4,5)6)46-51-94(89)112(93)82-47-49-92-96(66-82)114(103-86(69-38-30-24-31-39-69)61-80(109(16,17)18)62-87(103)70-40-32-25-33-41-70)98-65-81(110(19,20)21)64-97-101(98)111(92)91-48-44-71(83-55-74-54-77(106(7,8)9)52-72-42-43-73-53-78(107(10,11)12)63-90(83)100(73)99(72)74)56-95(91)113(97)102-84(67-34-26-22-27-35-67)59-79(108(13,14)15)60-85(102)68-36-28-23-29-37-68/h67-103H,22-66H2,1-21H3. The summed E-state index contributed by atoms with van der Waals surface area (Å²) in [6.45, 7) is 58.4. The molecule has 0 radical (unpaired) electrons. The molecule has 29 unspecified atom stereocenters. The van der Waals surface area contributed by atoms with Crippen LogP contribution in [-0.4, -0.2) is 75.8 Å². The lowest BCUT2D eigenvalue weighted by Crippen LogP contribution is -2.77. The Morgan fingerprint density at radius 2 is 0.518 bits per heavy atom. The van der Waals surface area contributed by atoms with Gasteiger partial charge in [-0.15, -0.1) is 0 Å². The molecule has 4 heteroatoms. The van der Waals surface area contributed by atoms with Crippen LogP contribution in [0.15, 0.2) is 0 Å². The van der Waals surface area contributed by atoms with Gasteiger partial charge in [-0.3, -0.25) is 14.7 Å². The number of likely N-dealkylation sites (tertiary alicyclic amines) is 1. The molecule has 18 rings (SSSR count). The van der Waals surface area contributed by atoms with E-state index >= 15 is 0 Å². The van der Waals surface area contributed by atoms with E-state index < -0.39 is 0 Å². The maximum absolute atomic E-state index is 4.02. The van der Waals surface area contributed by atoms with E-state index in [9.17, 15) is 0 Å². The summed E-state index contributed by atoms with van der Waals surface area (Å²) < 4.78 is 0. The van der Waals surface area contributed by atoms with Crippen LogP contribution in [0.2, 0.25) is 17.5 Å². The number of nitrogens with zero attached hydrogens (tertiary/aromatic N) is 3. The minimum absolute atomic E-state index is 0.292. The second kappa shape index (κ2) is 32.1. The van der Waals surface area contributed by atoms with Gasteiger partial charge in [0.1, 0.15) is 0 Å². The second-order valence-corrected chi connectivity index (χ2v) is 55.8. The van der Waals surface area contributed by atoms with Gasteiger partial charge in [0.15, 0.2) is 6.71 Å². The summed E-state index contributed by atoms with van der Waals surface area (Å²) in [6, 6.07) is 7.05. The van der Waals surface area contributed by atoms with Crippen LogP contribution in [0.3, 0.4) is 0 Å². The molecule has 0 aromatic carbocycles. The number of hydrogen-bond donors (Lipinski definition) is 0. The van der Waals surface area contributed by atoms with Gasteiger partial charge in [-0.25, -0.2) is 0 Å². The van der Waals surface area contributed by atoms with E-state index in [0.29, 0.717) is 37.9 Å². The zero-order chi connectivity index (χ0) is 80.0. The van der Waals surface area contributed by atoms with Crippen LogP contribution in [0.1, 0.15) is 434 Å². The maximum Gasteiger partial charge on any atom is 0.156 e. The van der Waals surface area contributed by atoms with Crippen LogP contribution in [0, 0.1) is 186 Å². The van der Waals surface area contributed by atoms with Crippen LogP contribution in [0.4, 0.5) is 0 Å². The average Bonchev–Trinajstić information content (AvgIpc) is 0.746. The van der Waals surface area contributed by atoms with Crippen molar-refractivity contribution in [3.63, 3.8) is 0 Å². The van der Waals surface area contributed by atoms with E-state index in [2.05, 4.69) is 160 Å². The average molecular weight is 1570 g/mol. The summed E-state index contributed by atoms with van der Waals surface area (Å²) in [5, 5.41) is 0. The second-order valence-electron chi connectivity index (χ2n) is 55.8. The molecule has 15 aliphatic carbocycles. The third-order valence-electron chi connectivity index (χ3n) is 43.9. The first-order chi connectivity index (χ1) is 53.9. The molecular formula is C110H190BN3. The Hall–Kier alpha value is -0.0551. The Balaban J connectivity index is 0.827. The van der Waals surface area contributed by atoms with Gasteiger partial charge in [-0.2, -0.15) is 0 Å². The fraction of sp³-hybridized carbons (Fsp3) is 1.00. The molecular weight excluding hydrogens is 1370 g/mol. The third kappa shape index (κ3) is 15.8. The van der Waals surface area contributed by atoms with Gasteiger partial charge in [-0.05, 0) is 345 Å². The summed E-state index contributed by atoms with van der Waals surface area (Å²) in [5.74, 6) is 25.6. The van der Waals surface area contributed by atoms with Crippen molar-refractivity contribution in [2.24, 2.45) is 186 Å². The summed E-state index contributed by atoms with van der Waals surface area (Å²) in [6.07, 6.45) is 69.5. The van der Waals surface area contributed by atoms with E-state index in [1.165, 1.54) is 122 Å². The quantitative estimate of drug-likeness (QED) is 0.224. The molecule has 114 heavy (non-hydrogen) atoms. The molecule has 29 atom stereocenters. The molecule has 3 aliphatic heterocycles. The van der Waals surface area contributed by atoms with Crippen molar-refractivity contribution in [1.29, 1.82) is 0 Å². The molecule has 0 spiro atoms. The minimum atomic E-state index is 0.292. The molecule has 3 saturated heterocycles. The lowest BCUT2D eigenvalue weighted by atomic mass is 9.18. The van der Waals surface area contributed by atoms with E-state index in [0.717, 1.165) is 226 Å². The molecule has 0 amide bonds. The summed E-state index contributed by atoms with van der Waals surface area (Å²) in [5.41, 5.74) is 2.69. The molecule has 18 fully saturated rings. The van der Waals surface area contributed by atoms with Crippen molar-refractivity contribution >= 4 is 6.71 Å². The minimum Gasteiger partial charge on any atom is -0.295 e. The van der Waals surface area contributed by atoms with Crippen LogP contribution >= 0.6 is 0 Å². The zero-order valence-corrected chi connectivity index (χ0v) is 79.6. The smallest absolute Gasteiger partial charge is 0.156 e. The first-order valence-corrected chi connectivity index (χ1v) is 53.3. The topological polar surface area (TPSA) is 9.72 Å². The summed E-state index contributed by atoms with van der Waals surface area (Å²) in [7, 11) is 0. The van der Waals surface area contributed by atoms with E-state index in [1.54, 1.807) is 167 Å². The monoisotopic (exact) mass is 1560 g/mol. The third-order valence-corrected chi connectivity index (χ3v) is 43.9. The van der Waals surface area contributed by atoms with E-state index in [1.807, 2.05) is 0 Å². The van der Waals surface area contributed by atoms with Crippen molar-refractivity contribution in [2.45, 2.75) is 506 Å². The lowest BCUT2D eigenvalue weighted by Gasteiger charge is -2.73. The molecule has 0 aromatic rings. The lowest BCUT2D eigenvalue weighted by molar-refractivity contribution is -0.162. The highest BCUT2D eigenvalue weighted by Crippen LogP contribution is 2.73. The van der Waals surface area contributed by atoms with Gasteiger partial charge in [0.05, 0.1) is 0 Å². The van der Waals surface area contributed by atoms with Gasteiger partial charge in [0.25, 0.3) is 0 Å². The van der Waals surface area contributed by atoms with Gasteiger partial charge in [0, 0.05) is 54.4 Å². The highest BCUT2D eigenvalue weighted by atomic mass is 15.3. The highest BCUT2D eigenvalue weighted by Gasteiger charge is 2.71. The zero-order valence-electron chi connectivity index (χ0n) is 79.6. The SMILES string of the molecule is CC(C)(C)C1CC2CCC3CC(C(C)(C)C)CC4C(C5CCC6B7C8CCC(N9C%10CCC(C(C)(C)C)CC%10C%10CC(C(C)(C)C)CCC%109)CC8N(C8C(C9CCCCC9)CC(C(C)(C)C)CC8C8CCCCC8)C8CC(C(C)(C)C)CC(C78)N(C7C(C8CCCCC8)CC(C(C)(C)C)CC7C7CCCCC7)C6C5)CC(C1)C2C34. The normalized spacial score (nSPS) is 47.9. The van der Waals surface area contributed by atoms with Gasteiger partial charge < -0.3 is 0 Å². The number of fused-ring (bicyclic) bond motifs is 7. The molecule has 3 heterocycles. The molecule has 0 aromatic heterocycles. The van der Waals surface area contributed by atoms with Crippen LogP contribution in [-0.2, 0) is 0 Å². The van der Waals surface area contributed by atoms with Crippen molar-refractivity contribution in [3.8, 4) is 0 Å². The Bertz CT molecular complexity index is 3080. The molecule has 0 bridgehead atoms. The molecule has 3 nitrogen and oxygen atoms in total. The van der Waals surface area contributed by atoms with Crippen molar-refractivity contribution in [2.75, 3.05) is 0 Å². The number of hydrogen-bond acceptors (Lipinski definition) is 3. The van der Waals surface area contributed by atoms with Gasteiger partial charge in [0.2, 0.25) is 0 Å². The van der Waals surface area contributed by atoms with Crippen LogP contribution < -0.4 is 0 Å². The predicted molar refractivity (Wildman–Crippen MR) is 488 cm³/mol. The largest absolute Gasteiger partial charge is 0.295 e. The highest BCUT2D eigenvalue weighted by molar-refractivity contribution is 6.65. The Morgan fingerprint density at radius 3 is 0.921 bits per heavy atom. The van der Waals surface area contributed by atoms with Crippen molar-refractivity contribution < 1.29 is 0 Å². The first kappa shape index (κ1) is 84.8. The van der Waals surface area contributed by atoms with E-state index in [4.69, 9.17) is 0 Å². The molecule has 0 N–H and O–H groups in total. The fourth-order valence-corrected chi connectivity index (χ4v) is 38.0. The summed E-state index contributed by atoms with van der Waals surface area (Å²) >= 11 is 0. The van der Waals surface area contributed by atoms with E-state index in [-0.39, 0.29) is 0 Å². The fourth-order valence-electron chi connectivity index (χ4n) is 38.0. The number of rotatable bonds is 8. The van der Waals surface area contributed by atoms with Crippen molar-refractivity contribution in [3.05, 3.63) is 0 Å². The Kier molecular flexibility index (Phi) is 23.9. The maximum atomic E-state index is 4.02. The molecule has 15 saturated carbocycles. The Labute approximate surface area is 709 Å². The van der Waals surface area contributed by atoms with Crippen LogP contribution in [0.5, 0.6) is 0 Å². The first-order valence-electron chi connectivity index (χ1n) is 53.3. The molecule has 648 valence electrons. The van der Waals surface area contributed by atoms with Crippen molar-refractivity contribution in [1.82, 2.24) is 14.7 Å². The van der Waals surface area contributed by atoms with Crippen LogP contribution in [0.25, 0.3) is 0 Å². The van der Waals surface area contributed by atoms with Gasteiger partial charge >= 0.3 is 0 Å². The Morgan fingerprint density at radius 1 is 0.193 bits per heavy atom. The summed E-state index contributed by atoms with van der Waals surface area (Å²) in [4.78, 5) is 11.6. The molecule has 18 aliphatic rings. The van der Waals surface area contributed by atoms with Gasteiger partial charge in [-0.1, -0.05) is 293 Å². The predicted octanol–water partition coefficient (Wildman–Crippen LogP) is 30.3.